The van der Waals surface area contributed by atoms with Crippen LogP contribution >= 0.6 is 0 Å². The first-order valence-corrected chi connectivity index (χ1v) is 9.64. The fourth-order valence-electron chi connectivity index (χ4n) is 4.88. The van der Waals surface area contributed by atoms with Crippen LogP contribution in [0.3, 0.4) is 0 Å². The first kappa shape index (κ1) is 16.6. The highest BCUT2D eigenvalue weighted by molar-refractivity contribution is 5.85. The SMILES string of the molecule is CCC(COC(C)=O)C1CCN2CCc3c([nH]c4ccccc34)C2C1. The van der Waals surface area contributed by atoms with Crippen LogP contribution in [0.5, 0.6) is 0 Å². The average molecular weight is 340 g/mol. The summed E-state index contributed by atoms with van der Waals surface area (Å²) >= 11 is 0. The molecule has 2 aliphatic heterocycles. The summed E-state index contributed by atoms with van der Waals surface area (Å²) < 4.78 is 5.34. The van der Waals surface area contributed by atoms with Crippen molar-refractivity contribution in [3.8, 4) is 0 Å². The zero-order chi connectivity index (χ0) is 17.4. The number of carbonyl (C=O) groups is 1. The summed E-state index contributed by atoms with van der Waals surface area (Å²) in [5, 5.41) is 1.39. The average Bonchev–Trinajstić information content (AvgIpc) is 3.01. The van der Waals surface area contributed by atoms with Crippen LogP contribution in [-0.2, 0) is 16.0 Å². The Morgan fingerprint density at radius 1 is 1.36 bits per heavy atom. The lowest BCUT2D eigenvalue weighted by Crippen LogP contribution is -2.43. The molecule has 0 spiro atoms. The molecule has 3 unspecified atom stereocenters. The molecule has 4 heteroatoms. The van der Waals surface area contributed by atoms with Gasteiger partial charge in [-0.2, -0.15) is 0 Å². The van der Waals surface area contributed by atoms with E-state index in [-0.39, 0.29) is 5.97 Å². The van der Waals surface area contributed by atoms with Crippen molar-refractivity contribution >= 4 is 16.9 Å². The summed E-state index contributed by atoms with van der Waals surface area (Å²) in [5.41, 5.74) is 4.22. The number of hydrogen-bond donors (Lipinski definition) is 1. The number of piperidine rings is 1. The van der Waals surface area contributed by atoms with Crippen LogP contribution in [0, 0.1) is 11.8 Å². The number of carbonyl (C=O) groups excluding carboxylic acids is 1. The van der Waals surface area contributed by atoms with Gasteiger partial charge in [-0.3, -0.25) is 9.69 Å². The lowest BCUT2D eigenvalue weighted by Gasteiger charge is -2.44. The number of fused-ring (bicyclic) bond motifs is 5. The van der Waals surface area contributed by atoms with Gasteiger partial charge in [-0.15, -0.1) is 0 Å². The number of hydrogen-bond acceptors (Lipinski definition) is 3. The predicted molar refractivity (Wildman–Crippen MR) is 99.5 cm³/mol. The summed E-state index contributed by atoms with van der Waals surface area (Å²) in [7, 11) is 0. The molecule has 0 saturated carbocycles. The molecule has 3 heterocycles. The summed E-state index contributed by atoms with van der Waals surface area (Å²) in [6.45, 7) is 6.61. The molecule has 1 fully saturated rings. The van der Waals surface area contributed by atoms with Gasteiger partial charge in [0.1, 0.15) is 0 Å². The second-order valence-corrected chi connectivity index (χ2v) is 7.62. The molecular formula is C21H28N2O2. The monoisotopic (exact) mass is 340 g/mol. The van der Waals surface area contributed by atoms with Gasteiger partial charge in [-0.25, -0.2) is 0 Å². The molecule has 0 radical (unpaired) electrons. The maximum absolute atomic E-state index is 11.2. The number of rotatable bonds is 4. The number of nitrogens with zero attached hydrogens (tertiary/aromatic N) is 1. The molecule has 3 atom stereocenters. The molecule has 4 rings (SSSR count). The summed E-state index contributed by atoms with van der Waals surface area (Å²) in [5.74, 6) is 0.940. The van der Waals surface area contributed by atoms with E-state index < -0.39 is 0 Å². The zero-order valence-corrected chi connectivity index (χ0v) is 15.3. The molecule has 1 saturated heterocycles. The van der Waals surface area contributed by atoms with Gasteiger partial charge < -0.3 is 9.72 Å². The lowest BCUT2D eigenvalue weighted by atomic mass is 9.77. The highest BCUT2D eigenvalue weighted by Crippen LogP contribution is 2.43. The molecule has 4 nitrogen and oxygen atoms in total. The van der Waals surface area contributed by atoms with E-state index in [1.54, 1.807) is 0 Å². The Hall–Kier alpha value is -1.81. The number of aromatic nitrogens is 1. The number of ether oxygens (including phenoxy) is 1. The van der Waals surface area contributed by atoms with E-state index in [1.807, 2.05) is 0 Å². The van der Waals surface area contributed by atoms with E-state index in [4.69, 9.17) is 4.74 Å². The fraction of sp³-hybridized carbons (Fsp3) is 0.571. The Morgan fingerprint density at radius 2 is 2.20 bits per heavy atom. The summed E-state index contributed by atoms with van der Waals surface area (Å²) in [6, 6.07) is 9.17. The van der Waals surface area contributed by atoms with Crippen LogP contribution in [0.25, 0.3) is 10.9 Å². The van der Waals surface area contributed by atoms with E-state index in [0.717, 1.165) is 25.9 Å². The molecule has 25 heavy (non-hydrogen) atoms. The molecule has 0 bridgehead atoms. The van der Waals surface area contributed by atoms with Gasteiger partial charge in [0.15, 0.2) is 0 Å². The molecule has 1 aromatic carbocycles. The van der Waals surface area contributed by atoms with Gasteiger partial charge in [0.2, 0.25) is 0 Å². The van der Waals surface area contributed by atoms with Gasteiger partial charge in [0.05, 0.1) is 12.6 Å². The minimum absolute atomic E-state index is 0.161. The highest BCUT2D eigenvalue weighted by atomic mass is 16.5. The van der Waals surface area contributed by atoms with Crippen LogP contribution in [0.1, 0.15) is 50.4 Å². The predicted octanol–water partition coefficient (Wildman–Crippen LogP) is 4.07. The molecule has 2 aliphatic rings. The molecule has 1 aromatic heterocycles. The van der Waals surface area contributed by atoms with Crippen molar-refractivity contribution in [1.82, 2.24) is 9.88 Å². The van der Waals surface area contributed by atoms with Crippen molar-refractivity contribution in [2.45, 2.75) is 45.6 Å². The Balaban J connectivity index is 1.58. The third-order valence-electron chi connectivity index (χ3n) is 6.27. The van der Waals surface area contributed by atoms with Gasteiger partial charge >= 0.3 is 5.97 Å². The van der Waals surface area contributed by atoms with Gasteiger partial charge in [0.25, 0.3) is 0 Å². The molecule has 2 aromatic rings. The van der Waals surface area contributed by atoms with E-state index in [9.17, 15) is 4.79 Å². The smallest absolute Gasteiger partial charge is 0.302 e. The van der Waals surface area contributed by atoms with E-state index >= 15 is 0 Å². The molecule has 0 amide bonds. The standard InChI is InChI=1S/C21H28N2O2/c1-3-15(13-25-14(2)24)16-8-10-23-11-9-18-17-6-4-5-7-19(17)22-21(18)20(23)12-16/h4-7,15-16,20,22H,3,8-13H2,1-2H3. The normalized spacial score (nSPS) is 24.6. The van der Waals surface area contributed by atoms with Crippen molar-refractivity contribution in [3.05, 3.63) is 35.5 Å². The van der Waals surface area contributed by atoms with Crippen LogP contribution in [0.4, 0.5) is 0 Å². The number of nitrogens with one attached hydrogen (secondary N) is 1. The van der Waals surface area contributed by atoms with Crippen LogP contribution in [-0.4, -0.2) is 35.5 Å². The summed E-state index contributed by atoms with van der Waals surface area (Å²) in [4.78, 5) is 17.6. The molecule has 134 valence electrons. The van der Waals surface area contributed by atoms with Crippen LogP contribution in [0.2, 0.25) is 0 Å². The summed E-state index contributed by atoms with van der Waals surface area (Å²) in [6.07, 6.45) is 4.60. The number of benzene rings is 1. The zero-order valence-electron chi connectivity index (χ0n) is 15.3. The molecule has 0 aliphatic carbocycles. The topological polar surface area (TPSA) is 45.3 Å². The quantitative estimate of drug-likeness (QED) is 0.854. The highest BCUT2D eigenvalue weighted by Gasteiger charge is 2.37. The van der Waals surface area contributed by atoms with E-state index in [2.05, 4.69) is 41.1 Å². The van der Waals surface area contributed by atoms with E-state index in [1.165, 1.54) is 41.9 Å². The van der Waals surface area contributed by atoms with E-state index in [0.29, 0.717) is 24.5 Å². The van der Waals surface area contributed by atoms with Crippen LogP contribution < -0.4 is 0 Å². The van der Waals surface area contributed by atoms with Gasteiger partial charge in [-0.1, -0.05) is 25.1 Å². The second kappa shape index (κ2) is 6.83. The molecular weight excluding hydrogens is 312 g/mol. The van der Waals surface area contributed by atoms with Crippen molar-refractivity contribution < 1.29 is 9.53 Å². The Bertz CT molecular complexity index is 766. The van der Waals surface area contributed by atoms with Crippen molar-refractivity contribution in [3.63, 3.8) is 0 Å². The Morgan fingerprint density at radius 3 is 3.00 bits per heavy atom. The number of H-pyrrole nitrogens is 1. The maximum atomic E-state index is 11.2. The number of esters is 1. The van der Waals surface area contributed by atoms with Crippen LogP contribution in [0.15, 0.2) is 24.3 Å². The number of aromatic amines is 1. The van der Waals surface area contributed by atoms with Crippen molar-refractivity contribution in [2.24, 2.45) is 11.8 Å². The first-order valence-electron chi connectivity index (χ1n) is 9.64. The first-order chi connectivity index (χ1) is 12.2. The van der Waals surface area contributed by atoms with Gasteiger partial charge in [-0.05, 0) is 55.7 Å². The third kappa shape index (κ3) is 3.08. The Kier molecular flexibility index (Phi) is 4.55. The maximum Gasteiger partial charge on any atom is 0.302 e. The number of para-hydroxylation sites is 1. The minimum Gasteiger partial charge on any atom is -0.466 e. The molecule has 1 N–H and O–H groups in total. The third-order valence-corrected chi connectivity index (χ3v) is 6.27. The van der Waals surface area contributed by atoms with Crippen molar-refractivity contribution in [2.75, 3.05) is 19.7 Å². The van der Waals surface area contributed by atoms with Crippen molar-refractivity contribution in [1.29, 1.82) is 0 Å². The lowest BCUT2D eigenvalue weighted by molar-refractivity contribution is -0.143. The largest absolute Gasteiger partial charge is 0.466 e. The fourth-order valence-corrected chi connectivity index (χ4v) is 4.88. The van der Waals surface area contributed by atoms with Gasteiger partial charge in [0, 0.05) is 30.1 Å². The minimum atomic E-state index is -0.161. The second-order valence-electron chi connectivity index (χ2n) is 7.62. The Labute approximate surface area is 149 Å².